The molecule has 0 spiro atoms. The maximum absolute atomic E-state index is 12.6. The zero-order valence-corrected chi connectivity index (χ0v) is 16.9. The second-order valence-corrected chi connectivity index (χ2v) is 8.29. The molecule has 2 aromatic carbocycles. The van der Waals surface area contributed by atoms with Crippen LogP contribution in [0.3, 0.4) is 0 Å². The van der Waals surface area contributed by atoms with Gasteiger partial charge >= 0.3 is 0 Å². The Morgan fingerprint density at radius 3 is 2.70 bits per heavy atom. The van der Waals surface area contributed by atoms with Crippen molar-refractivity contribution in [3.8, 4) is 5.75 Å². The van der Waals surface area contributed by atoms with Gasteiger partial charge in [-0.15, -0.1) is 10.2 Å². The SMILES string of the molecule is COc1cccc(Nc2nnc(SC(C)C(=O)N(C)c3ccccc3)s2)c1. The Bertz CT molecular complexity index is 901. The Kier molecular flexibility index (Phi) is 6.31. The van der Waals surface area contributed by atoms with Crippen LogP contribution in [0.2, 0.25) is 0 Å². The van der Waals surface area contributed by atoms with E-state index in [-0.39, 0.29) is 11.2 Å². The molecule has 3 rings (SSSR count). The maximum Gasteiger partial charge on any atom is 0.240 e. The number of carbonyl (C=O) groups excluding carboxylic acids is 1. The molecular weight excluding hydrogens is 380 g/mol. The van der Waals surface area contributed by atoms with E-state index in [4.69, 9.17) is 4.74 Å². The molecule has 0 bridgehead atoms. The van der Waals surface area contributed by atoms with E-state index in [0.717, 1.165) is 21.5 Å². The van der Waals surface area contributed by atoms with Gasteiger partial charge in [-0.2, -0.15) is 0 Å². The Balaban J connectivity index is 1.62. The molecule has 0 aliphatic heterocycles. The van der Waals surface area contributed by atoms with Gasteiger partial charge in [0, 0.05) is 24.5 Å². The number of carbonyl (C=O) groups is 1. The highest BCUT2D eigenvalue weighted by atomic mass is 32.2. The standard InChI is InChI=1S/C19H20N4O2S2/c1-13(17(24)23(2)15-9-5-4-6-10-15)26-19-22-21-18(27-19)20-14-8-7-11-16(12-14)25-3/h4-13H,1-3H3,(H,20,21). The molecular formula is C19H20N4O2S2. The van der Waals surface area contributed by atoms with Gasteiger partial charge in [0.1, 0.15) is 5.75 Å². The predicted molar refractivity (Wildman–Crippen MR) is 111 cm³/mol. The number of methoxy groups -OCH3 is 1. The number of thioether (sulfide) groups is 1. The van der Waals surface area contributed by atoms with Crippen molar-refractivity contribution < 1.29 is 9.53 Å². The van der Waals surface area contributed by atoms with E-state index in [0.29, 0.717) is 5.13 Å². The van der Waals surface area contributed by atoms with Crippen LogP contribution in [0.4, 0.5) is 16.5 Å². The Morgan fingerprint density at radius 2 is 1.96 bits per heavy atom. The third-order valence-electron chi connectivity index (χ3n) is 3.83. The highest BCUT2D eigenvalue weighted by Crippen LogP contribution is 2.32. The summed E-state index contributed by atoms with van der Waals surface area (Å²) in [6.45, 7) is 1.88. The van der Waals surface area contributed by atoms with Crippen LogP contribution < -0.4 is 15.0 Å². The number of amides is 1. The van der Waals surface area contributed by atoms with Crippen LogP contribution in [0.25, 0.3) is 0 Å². The lowest BCUT2D eigenvalue weighted by Crippen LogP contribution is -2.33. The van der Waals surface area contributed by atoms with Gasteiger partial charge in [0.05, 0.1) is 12.4 Å². The Labute approximate surface area is 166 Å². The summed E-state index contributed by atoms with van der Waals surface area (Å²) in [6.07, 6.45) is 0. The molecule has 0 saturated carbocycles. The number of hydrogen-bond donors (Lipinski definition) is 1. The third kappa shape index (κ3) is 4.99. The molecule has 0 aliphatic rings. The molecule has 1 unspecified atom stereocenters. The highest BCUT2D eigenvalue weighted by Gasteiger charge is 2.21. The molecule has 0 aliphatic carbocycles. The molecule has 140 valence electrons. The van der Waals surface area contributed by atoms with Crippen molar-refractivity contribution in [3.63, 3.8) is 0 Å². The number of rotatable bonds is 7. The van der Waals surface area contributed by atoms with Crippen molar-refractivity contribution in [3.05, 3.63) is 54.6 Å². The lowest BCUT2D eigenvalue weighted by molar-refractivity contribution is -0.117. The number of anilines is 3. The summed E-state index contributed by atoms with van der Waals surface area (Å²) >= 11 is 2.82. The van der Waals surface area contributed by atoms with Gasteiger partial charge in [-0.3, -0.25) is 4.79 Å². The first-order valence-electron chi connectivity index (χ1n) is 8.30. The van der Waals surface area contributed by atoms with E-state index >= 15 is 0 Å². The van der Waals surface area contributed by atoms with Gasteiger partial charge in [-0.25, -0.2) is 0 Å². The van der Waals surface area contributed by atoms with Gasteiger partial charge in [-0.1, -0.05) is 47.4 Å². The fourth-order valence-electron chi connectivity index (χ4n) is 2.39. The summed E-state index contributed by atoms with van der Waals surface area (Å²) in [7, 11) is 3.41. The minimum absolute atomic E-state index is 0.0173. The number of aromatic nitrogens is 2. The summed E-state index contributed by atoms with van der Waals surface area (Å²) < 4.78 is 5.96. The van der Waals surface area contributed by atoms with Gasteiger partial charge in [0.2, 0.25) is 11.0 Å². The molecule has 6 nitrogen and oxygen atoms in total. The first-order chi connectivity index (χ1) is 13.1. The number of para-hydroxylation sites is 1. The van der Waals surface area contributed by atoms with Crippen molar-refractivity contribution in [2.45, 2.75) is 16.5 Å². The first kappa shape index (κ1) is 19.2. The number of ether oxygens (including phenoxy) is 1. The van der Waals surface area contributed by atoms with E-state index in [1.807, 2.05) is 61.5 Å². The van der Waals surface area contributed by atoms with Crippen LogP contribution in [0.15, 0.2) is 58.9 Å². The zero-order valence-electron chi connectivity index (χ0n) is 15.2. The van der Waals surface area contributed by atoms with Gasteiger partial charge < -0.3 is 15.0 Å². The summed E-state index contributed by atoms with van der Waals surface area (Å²) in [6, 6.07) is 17.2. The van der Waals surface area contributed by atoms with Crippen molar-refractivity contribution in [2.24, 2.45) is 0 Å². The van der Waals surface area contributed by atoms with Gasteiger partial charge in [0.25, 0.3) is 0 Å². The molecule has 3 aromatic rings. The van der Waals surface area contributed by atoms with Crippen molar-refractivity contribution in [2.75, 3.05) is 24.4 Å². The van der Waals surface area contributed by atoms with Gasteiger partial charge in [-0.05, 0) is 31.2 Å². The quantitative estimate of drug-likeness (QED) is 0.592. The molecule has 1 amide bonds. The Morgan fingerprint density at radius 1 is 1.19 bits per heavy atom. The summed E-state index contributed by atoms with van der Waals surface area (Å²) in [4.78, 5) is 14.3. The van der Waals surface area contributed by atoms with Crippen LogP contribution in [0.1, 0.15) is 6.92 Å². The fraction of sp³-hybridized carbons (Fsp3) is 0.211. The van der Waals surface area contributed by atoms with Crippen molar-refractivity contribution in [1.82, 2.24) is 10.2 Å². The van der Waals surface area contributed by atoms with Crippen molar-refractivity contribution >= 4 is 45.5 Å². The summed E-state index contributed by atoms with van der Waals surface area (Å²) in [5.74, 6) is 0.783. The van der Waals surface area contributed by atoms with Crippen LogP contribution >= 0.6 is 23.1 Å². The number of nitrogens with one attached hydrogen (secondary N) is 1. The van der Waals surface area contributed by atoms with E-state index in [1.165, 1.54) is 23.1 Å². The molecule has 0 saturated heterocycles. The predicted octanol–water partition coefficient (Wildman–Crippen LogP) is 4.43. The Hall–Kier alpha value is -2.58. The smallest absolute Gasteiger partial charge is 0.240 e. The molecule has 1 atom stereocenters. The maximum atomic E-state index is 12.6. The average Bonchev–Trinajstić information content (AvgIpc) is 3.14. The molecule has 27 heavy (non-hydrogen) atoms. The number of benzene rings is 2. The molecule has 1 aromatic heterocycles. The summed E-state index contributed by atoms with van der Waals surface area (Å²) in [5.41, 5.74) is 1.74. The molecule has 1 N–H and O–H groups in total. The second-order valence-electron chi connectivity index (χ2n) is 5.72. The summed E-state index contributed by atoms with van der Waals surface area (Å²) in [5, 5.41) is 11.9. The lowest BCUT2D eigenvalue weighted by atomic mass is 10.3. The van der Waals surface area contributed by atoms with E-state index in [1.54, 1.807) is 19.1 Å². The molecule has 8 heteroatoms. The van der Waals surface area contributed by atoms with Gasteiger partial charge in [0.15, 0.2) is 4.34 Å². The van der Waals surface area contributed by atoms with E-state index < -0.39 is 0 Å². The molecule has 0 fully saturated rings. The molecule has 1 heterocycles. The number of nitrogens with zero attached hydrogens (tertiary/aromatic N) is 3. The first-order valence-corrected chi connectivity index (χ1v) is 10.0. The second kappa shape index (κ2) is 8.88. The van der Waals surface area contributed by atoms with E-state index in [2.05, 4.69) is 15.5 Å². The van der Waals surface area contributed by atoms with Crippen LogP contribution in [0, 0.1) is 0 Å². The number of hydrogen-bond acceptors (Lipinski definition) is 7. The van der Waals surface area contributed by atoms with Crippen LogP contribution in [-0.4, -0.2) is 35.5 Å². The minimum Gasteiger partial charge on any atom is -0.497 e. The van der Waals surface area contributed by atoms with E-state index in [9.17, 15) is 4.79 Å². The molecule has 0 radical (unpaired) electrons. The van der Waals surface area contributed by atoms with Crippen LogP contribution in [0.5, 0.6) is 5.75 Å². The third-order valence-corrected chi connectivity index (χ3v) is 5.84. The average molecular weight is 401 g/mol. The zero-order chi connectivity index (χ0) is 19.2. The minimum atomic E-state index is -0.271. The monoisotopic (exact) mass is 400 g/mol. The lowest BCUT2D eigenvalue weighted by Gasteiger charge is -2.20. The van der Waals surface area contributed by atoms with Crippen molar-refractivity contribution in [1.29, 1.82) is 0 Å². The normalized spacial score (nSPS) is 11.7. The van der Waals surface area contributed by atoms with Crippen LogP contribution in [-0.2, 0) is 4.79 Å². The largest absolute Gasteiger partial charge is 0.497 e. The fourth-order valence-corrected chi connectivity index (χ4v) is 4.39. The topological polar surface area (TPSA) is 67.3 Å². The highest BCUT2D eigenvalue weighted by molar-refractivity contribution is 8.02.